The predicted molar refractivity (Wildman–Crippen MR) is 96.1 cm³/mol. The number of aryl methyl sites for hydroxylation is 1. The van der Waals surface area contributed by atoms with E-state index >= 15 is 0 Å². The Morgan fingerprint density at radius 2 is 2.04 bits per heavy atom. The molecule has 1 aliphatic heterocycles. The van der Waals surface area contributed by atoms with Crippen molar-refractivity contribution in [1.82, 2.24) is 20.2 Å². The van der Waals surface area contributed by atoms with Gasteiger partial charge in [0.1, 0.15) is 17.8 Å². The van der Waals surface area contributed by atoms with Gasteiger partial charge in [0.2, 0.25) is 0 Å². The van der Waals surface area contributed by atoms with Gasteiger partial charge in [0.15, 0.2) is 0 Å². The van der Waals surface area contributed by atoms with Crippen molar-refractivity contribution in [3.8, 4) is 0 Å². The molecule has 0 atom stereocenters. The van der Waals surface area contributed by atoms with Gasteiger partial charge in [-0.1, -0.05) is 18.2 Å². The van der Waals surface area contributed by atoms with Crippen LogP contribution in [0.1, 0.15) is 16.1 Å². The van der Waals surface area contributed by atoms with E-state index in [1.54, 1.807) is 6.07 Å². The van der Waals surface area contributed by atoms with Gasteiger partial charge < -0.3 is 15.4 Å². The van der Waals surface area contributed by atoms with Gasteiger partial charge in [-0.3, -0.25) is 9.69 Å². The average Bonchev–Trinajstić information content (AvgIpc) is 2.65. The highest BCUT2D eigenvalue weighted by atomic mass is 16.5. The number of benzene rings is 1. The van der Waals surface area contributed by atoms with Crippen molar-refractivity contribution >= 4 is 17.4 Å². The van der Waals surface area contributed by atoms with Crippen LogP contribution in [0.5, 0.6) is 0 Å². The summed E-state index contributed by atoms with van der Waals surface area (Å²) in [6.45, 7) is 6.75. The van der Waals surface area contributed by atoms with Gasteiger partial charge in [-0.05, 0) is 18.6 Å². The van der Waals surface area contributed by atoms with Crippen molar-refractivity contribution in [1.29, 1.82) is 0 Å². The van der Waals surface area contributed by atoms with Crippen molar-refractivity contribution in [2.75, 3.05) is 44.7 Å². The van der Waals surface area contributed by atoms with Crippen molar-refractivity contribution in [3.63, 3.8) is 0 Å². The number of hydrogen-bond donors (Lipinski definition) is 2. The van der Waals surface area contributed by atoms with E-state index in [0.717, 1.165) is 44.1 Å². The summed E-state index contributed by atoms with van der Waals surface area (Å²) >= 11 is 0. The van der Waals surface area contributed by atoms with Crippen LogP contribution in [0, 0.1) is 6.92 Å². The lowest BCUT2D eigenvalue weighted by Crippen LogP contribution is -2.41. The third-order valence-electron chi connectivity index (χ3n) is 4.12. The van der Waals surface area contributed by atoms with E-state index in [4.69, 9.17) is 4.74 Å². The summed E-state index contributed by atoms with van der Waals surface area (Å²) in [4.78, 5) is 22.8. The fourth-order valence-corrected chi connectivity index (χ4v) is 2.64. The lowest BCUT2D eigenvalue weighted by atomic mass is 10.2. The van der Waals surface area contributed by atoms with Gasteiger partial charge in [0.05, 0.1) is 13.2 Å². The van der Waals surface area contributed by atoms with Crippen LogP contribution in [-0.2, 0) is 4.74 Å². The molecule has 1 aliphatic rings. The van der Waals surface area contributed by atoms with Gasteiger partial charge in [0.25, 0.3) is 5.91 Å². The molecule has 2 N–H and O–H groups in total. The van der Waals surface area contributed by atoms with Crippen LogP contribution in [0.3, 0.4) is 0 Å². The second-order valence-corrected chi connectivity index (χ2v) is 5.94. The van der Waals surface area contributed by atoms with Crippen LogP contribution in [0.25, 0.3) is 0 Å². The maximum absolute atomic E-state index is 12.3. The lowest BCUT2D eigenvalue weighted by Gasteiger charge is -2.26. The number of hydrogen-bond acceptors (Lipinski definition) is 6. The van der Waals surface area contributed by atoms with Crippen LogP contribution in [-0.4, -0.2) is 60.2 Å². The van der Waals surface area contributed by atoms with E-state index in [9.17, 15) is 4.79 Å². The number of amides is 1. The van der Waals surface area contributed by atoms with Crippen molar-refractivity contribution < 1.29 is 9.53 Å². The minimum atomic E-state index is -0.191. The van der Waals surface area contributed by atoms with Crippen LogP contribution < -0.4 is 10.6 Å². The highest BCUT2D eigenvalue weighted by molar-refractivity contribution is 5.92. The fourth-order valence-electron chi connectivity index (χ4n) is 2.64. The summed E-state index contributed by atoms with van der Waals surface area (Å²) in [6, 6.07) is 9.59. The highest BCUT2D eigenvalue weighted by Gasteiger charge is 2.12. The lowest BCUT2D eigenvalue weighted by molar-refractivity contribution is 0.0383. The number of carbonyl (C=O) groups is 1. The van der Waals surface area contributed by atoms with Crippen LogP contribution in [0.2, 0.25) is 0 Å². The van der Waals surface area contributed by atoms with Crippen molar-refractivity contribution in [2.24, 2.45) is 0 Å². The third kappa shape index (κ3) is 4.98. The Kier molecular flexibility index (Phi) is 5.92. The quantitative estimate of drug-likeness (QED) is 0.831. The average molecular weight is 341 g/mol. The van der Waals surface area contributed by atoms with E-state index < -0.39 is 0 Å². The molecule has 1 saturated heterocycles. The smallest absolute Gasteiger partial charge is 0.270 e. The first-order valence-electron chi connectivity index (χ1n) is 8.45. The SMILES string of the molecule is Cc1ccccc1Nc1cc(C(=O)NCCN2CCOCC2)ncn1. The Morgan fingerprint density at radius 1 is 1.24 bits per heavy atom. The van der Waals surface area contributed by atoms with Crippen LogP contribution in [0.15, 0.2) is 36.7 Å². The molecule has 0 spiro atoms. The molecule has 2 aromatic rings. The Bertz CT molecular complexity index is 716. The molecule has 1 amide bonds. The number of ether oxygens (including phenoxy) is 1. The molecule has 0 saturated carbocycles. The topological polar surface area (TPSA) is 79.4 Å². The molecule has 3 rings (SSSR count). The number of morpholine rings is 1. The molecular weight excluding hydrogens is 318 g/mol. The normalized spacial score (nSPS) is 14.9. The Balaban J connectivity index is 1.55. The zero-order valence-corrected chi connectivity index (χ0v) is 14.4. The first-order valence-corrected chi connectivity index (χ1v) is 8.45. The molecule has 0 aliphatic carbocycles. The third-order valence-corrected chi connectivity index (χ3v) is 4.12. The molecule has 2 heterocycles. The molecule has 7 nitrogen and oxygen atoms in total. The van der Waals surface area contributed by atoms with Crippen molar-refractivity contribution in [3.05, 3.63) is 47.9 Å². The number of anilines is 2. The van der Waals surface area contributed by atoms with Crippen LogP contribution in [0.4, 0.5) is 11.5 Å². The van der Waals surface area contributed by atoms with Gasteiger partial charge >= 0.3 is 0 Å². The molecule has 25 heavy (non-hydrogen) atoms. The Hall–Kier alpha value is -2.51. The zero-order valence-electron chi connectivity index (χ0n) is 14.4. The van der Waals surface area contributed by atoms with E-state index in [-0.39, 0.29) is 5.91 Å². The van der Waals surface area contributed by atoms with E-state index in [2.05, 4.69) is 25.5 Å². The van der Waals surface area contributed by atoms with Crippen molar-refractivity contribution in [2.45, 2.75) is 6.92 Å². The maximum Gasteiger partial charge on any atom is 0.270 e. The summed E-state index contributed by atoms with van der Waals surface area (Å²) in [5.74, 6) is 0.408. The molecule has 132 valence electrons. The summed E-state index contributed by atoms with van der Waals surface area (Å²) in [5.41, 5.74) is 2.42. The number of carbonyl (C=O) groups excluding carboxylic acids is 1. The van der Waals surface area contributed by atoms with E-state index in [0.29, 0.717) is 18.1 Å². The summed E-state index contributed by atoms with van der Waals surface area (Å²) in [5, 5.41) is 6.13. The monoisotopic (exact) mass is 341 g/mol. The van der Waals surface area contributed by atoms with Gasteiger partial charge in [-0.15, -0.1) is 0 Å². The molecule has 0 radical (unpaired) electrons. The molecule has 7 heteroatoms. The first-order chi connectivity index (χ1) is 12.2. The standard InChI is InChI=1S/C18H23N5O2/c1-14-4-2-3-5-15(14)22-17-12-16(20-13-21-17)18(24)19-6-7-23-8-10-25-11-9-23/h2-5,12-13H,6-11H2,1H3,(H,19,24)(H,20,21,22). The first kappa shape index (κ1) is 17.3. The molecule has 1 fully saturated rings. The minimum absolute atomic E-state index is 0.191. The van der Waals surface area contributed by atoms with Gasteiger partial charge in [0, 0.05) is 37.9 Å². The van der Waals surface area contributed by atoms with E-state index in [1.165, 1.54) is 6.33 Å². The predicted octanol–water partition coefficient (Wildman–Crippen LogP) is 1.59. The molecule has 1 aromatic heterocycles. The number of nitrogens with one attached hydrogen (secondary N) is 2. The highest BCUT2D eigenvalue weighted by Crippen LogP contribution is 2.18. The Morgan fingerprint density at radius 3 is 2.84 bits per heavy atom. The van der Waals surface area contributed by atoms with Gasteiger partial charge in [-0.2, -0.15) is 0 Å². The Labute approximate surface area is 147 Å². The molecule has 0 unspecified atom stereocenters. The minimum Gasteiger partial charge on any atom is -0.379 e. The number of rotatable bonds is 6. The number of nitrogens with zero attached hydrogens (tertiary/aromatic N) is 3. The molecule has 1 aromatic carbocycles. The summed E-state index contributed by atoms with van der Waals surface area (Å²) < 4.78 is 5.31. The van der Waals surface area contributed by atoms with E-state index in [1.807, 2.05) is 31.2 Å². The zero-order chi connectivity index (χ0) is 17.5. The fraction of sp³-hybridized carbons (Fsp3) is 0.389. The molecular formula is C18H23N5O2. The summed E-state index contributed by atoms with van der Waals surface area (Å²) in [6.07, 6.45) is 1.40. The summed E-state index contributed by atoms with van der Waals surface area (Å²) in [7, 11) is 0. The number of para-hydroxylation sites is 1. The molecule has 0 bridgehead atoms. The second kappa shape index (κ2) is 8.55. The van der Waals surface area contributed by atoms with Gasteiger partial charge in [-0.25, -0.2) is 9.97 Å². The van der Waals surface area contributed by atoms with Crippen LogP contribution >= 0.6 is 0 Å². The number of aromatic nitrogens is 2. The maximum atomic E-state index is 12.3. The largest absolute Gasteiger partial charge is 0.379 e. The second-order valence-electron chi connectivity index (χ2n) is 5.94.